The molecule has 0 unspecified atom stereocenters. The summed E-state index contributed by atoms with van der Waals surface area (Å²) in [7, 11) is 0. The third kappa shape index (κ3) is 2.82. The smallest absolute Gasteiger partial charge is 0.256 e. The monoisotopic (exact) mass is 375 g/mol. The summed E-state index contributed by atoms with van der Waals surface area (Å²) in [5, 5.41) is 2.24. The van der Waals surface area contributed by atoms with E-state index in [9.17, 15) is 4.79 Å². The van der Waals surface area contributed by atoms with Gasteiger partial charge in [-0.25, -0.2) is 4.98 Å². The molecular weight excluding hydrogens is 354 g/mol. The van der Waals surface area contributed by atoms with E-state index in [1.54, 1.807) is 11.3 Å². The third-order valence-electron chi connectivity index (χ3n) is 5.55. The van der Waals surface area contributed by atoms with Gasteiger partial charge in [0, 0.05) is 35.6 Å². The molecule has 5 heteroatoms. The van der Waals surface area contributed by atoms with E-state index in [4.69, 9.17) is 4.98 Å². The fraction of sp³-hybridized carbons (Fsp3) is 0.273. The lowest BCUT2D eigenvalue weighted by Gasteiger charge is -2.31. The van der Waals surface area contributed by atoms with Gasteiger partial charge in [0.25, 0.3) is 5.91 Å². The molecule has 0 bridgehead atoms. The number of aromatic nitrogens is 2. The lowest BCUT2D eigenvalue weighted by atomic mass is 9.96. The maximum atomic E-state index is 13.2. The molecule has 1 amide bonds. The number of hydrogen-bond acceptors (Lipinski definition) is 3. The van der Waals surface area contributed by atoms with Crippen LogP contribution in [0.1, 0.15) is 39.8 Å². The number of carbonyl (C=O) groups is 1. The first kappa shape index (κ1) is 16.5. The Labute approximate surface area is 161 Å². The molecule has 1 aliphatic rings. The number of rotatable bonds is 2. The standard InChI is InChI=1S/C22H21N3OS/c1-14-20(16-6-2-3-7-17(16)23-14)22(26)25-12-10-15(11-13-25)21-24-18-8-4-5-9-19(18)27-21/h2-9,15,23H,10-13H2,1H3. The summed E-state index contributed by atoms with van der Waals surface area (Å²) in [5.74, 6) is 0.600. The summed E-state index contributed by atoms with van der Waals surface area (Å²) >= 11 is 1.80. The van der Waals surface area contributed by atoms with E-state index in [1.165, 1.54) is 9.71 Å². The molecule has 2 aromatic heterocycles. The molecule has 2 aromatic carbocycles. The molecule has 4 nitrogen and oxygen atoms in total. The van der Waals surface area contributed by atoms with Gasteiger partial charge in [0.2, 0.25) is 0 Å². The molecule has 1 aliphatic heterocycles. The minimum atomic E-state index is 0.146. The number of hydrogen-bond donors (Lipinski definition) is 1. The summed E-state index contributed by atoms with van der Waals surface area (Å²) in [5.41, 5.74) is 3.90. The maximum Gasteiger partial charge on any atom is 0.256 e. The molecule has 1 saturated heterocycles. The number of fused-ring (bicyclic) bond motifs is 2. The van der Waals surface area contributed by atoms with Crippen molar-refractivity contribution in [2.45, 2.75) is 25.7 Å². The number of aromatic amines is 1. The highest BCUT2D eigenvalue weighted by molar-refractivity contribution is 7.18. The second kappa shape index (κ2) is 6.50. The molecule has 3 heterocycles. The van der Waals surface area contributed by atoms with Crippen LogP contribution in [0.15, 0.2) is 48.5 Å². The van der Waals surface area contributed by atoms with Gasteiger partial charge >= 0.3 is 0 Å². The second-order valence-electron chi connectivity index (χ2n) is 7.26. The Morgan fingerprint density at radius 3 is 2.67 bits per heavy atom. The Morgan fingerprint density at radius 1 is 1.11 bits per heavy atom. The molecule has 0 saturated carbocycles. The number of thiazole rings is 1. The first-order valence-corrected chi connectivity index (χ1v) is 10.2. The average molecular weight is 375 g/mol. The summed E-state index contributed by atoms with van der Waals surface area (Å²) in [6.07, 6.45) is 1.96. The molecule has 1 N–H and O–H groups in total. The first-order chi connectivity index (χ1) is 13.2. The number of carbonyl (C=O) groups excluding carboxylic acids is 1. The van der Waals surface area contributed by atoms with E-state index >= 15 is 0 Å². The lowest BCUT2D eigenvalue weighted by molar-refractivity contribution is 0.0714. The van der Waals surface area contributed by atoms with E-state index in [-0.39, 0.29) is 5.91 Å². The van der Waals surface area contributed by atoms with E-state index in [1.807, 2.05) is 42.2 Å². The maximum absolute atomic E-state index is 13.2. The van der Waals surface area contributed by atoms with Gasteiger partial charge in [0.15, 0.2) is 0 Å². The van der Waals surface area contributed by atoms with Crippen molar-refractivity contribution in [1.82, 2.24) is 14.9 Å². The molecule has 5 rings (SSSR count). The summed E-state index contributed by atoms with van der Waals surface area (Å²) in [6.45, 7) is 3.57. The van der Waals surface area contributed by atoms with Gasteiger partial charge in [0.05, 0.1) is 20.8 Å². The van der Waals surface area contributed by atoms with Gasteiger partial charge in [0.1, 0.15) is 0 Å². The number of para-hydroxylation sites is 2. The number of piperidine rings is 1. The third-order valence-corrected chi connectivity index (χ3v) is 6.75. The zero-order valence-corrected chi connectivity index (χ0v) is 16.1. The highest BCUT2D eigenvalue weighted by atomic mass is 32.1. The van der Waals surface area contributed by atoms with Crippen molar-refractivity contribution >= 4 is 38.4 Å². The molecule has 1 fully saturated rings. The summed E-state index contributed by atoms with van der Waals surface area (Å²) in [6, 6.07) is 16.4. The Kier molecular flexibility index (Phi) is 3.97. The van der Waals surface area contributed by atoms with Gasteiger partial charge in [-0.15, -0.1) is 11.3 Å². The highest BCUT2D eigenvalue weighted by Gasteiger charge is 2.28. The van der Waals surface area contributed by atoms with Crippen molar-refractivity contribution in [2.75, 3.05) is 13.1 Å². The van der Waals surface area contributed by atoms with E-state index in [0.717, 1.165) is 53.6 Å². The van der Waals surface area contributed by atoms with Crippen molar-refractivity contribution in [3.05, 3.63) is 64.8 Å². The number of likely N-dealkylation sites (tertiary alicyclic amines) is 1. The van der Waals surface area contributed by atoms with Crippen LogP contribution in [-0.2, 0) is 0 Å². The van der Waals surface area contributed by atoms with E-state index in [2.05, 4.69) is 23.2 Å². The van der Waals surface area contributed by atoms with Crippen LogP contribution in [-0.4, -0.2) is 33.9 Å². The zero-order valence-electron chi connectivity index (χ0n) is 15.2. The van der Waals surface area contributed by atoms with Crippen LogP contribution in [0.2, 0.25) is 0 Å². The fourth-order valence-corrected chi connectivity index (χ4v) is 5.24. The normalized spacial score (nSPS) is 15.7. The fourth-order valence-electron chi connectivity index (χ4n) is 4.10. The van der Waals surface area contributed by atoms with Crippen molar-refractivity contribution in [3.63, 3.8) is 0 Å². The van der Waals surface area contributed by atoms with Crippen molar-refractivity contribution in [2.24, 2.45) is 0 Å². The number of H-pyrrole nitrogens is 1. The highest BCUT2D eigenvalue weighted by Crippen LogP contribution is 2.34. The van der Waals surface area contributed by atoms with Gasteiger partial charge < -0.3 is 9.88 Å². The van der Waals surface area contributed by atoms with Crippen molar-refractivity contribution in [3.8, 4) is 0 Å². The second-order valence-corrected chi connectivity index (χ2v) is 8.32. The summed E-state index contributed by atoms with van der Waals surface area (Å²) < 4.78 is 1.25. The minimum absolute atomic E-state index is 0.146. The molecule has 136 valence electrons. The first-order valence-electron chi connectivity index (χ1n) is 9.43. The molecule has 27 heavy (non-hydrogen) atoms. The predicted molar refractivity (Wildman–Crippen MR) is 111 cm³/mol. The molecule has 0 radical (unpaired) electrons. The number of nitrogens with zero attached hydrogens (tertiary/aromatic N) is 2. The van der Waals surface area contributed by atoms with Crippen molar-refractivity contribution in [1.29, 1.82) is 0 Å². The Bertz CT molecular complexity index is 1100. The Balaban J connectivity index is 1.35. The topological polar surface area (TPSA) is 49.0 Å². The van der Waals surface area contributed by atoms with Crippen LogP contribution < -0.4 is 0 Å². The number of aryl methyl sites for hydroxylation is 1. The molecular formula is C22H21N3OS. The van der Waals surface area contributed by atoms with Crippen LogP contribution >= 0.6 is 11.3 Å². The van der Waals surface area contributed by atoms with Crippen LogP contribution in [0.4, 0.5) is 0 Å². The van der Waals surface area contributed by atoms with Crippen LogP contribution in [0.5, 0.6) is 0 Å². The van der Waals surface area contributed by atoms with Gasteiger partial charge in [-0.05, 0) is 38.0 Å². The van der Waals surface area contributed by atoms with Crippen LogP contribution in [0.25, 0.3) is 21.1 Å². The minimum Gasteiger partial charge on any atom is -0.358 e. The average Bonchev–Trinajstić information content (AvgIpc) is 3.27. The SMILES string of the molecule is Cc1[nH]c2ccccc2c1C(=O)N1CCC(c2nc3ccccc3s2)CC1. The van der Waals surface area contributed by atoms with Crippen molar-refractivity contribution < 1.29 is 4.79 Å². The quantitative estimate of drug-likeness (QED) is 0.529. The van der Waals surface area contributed by atoms with E-state index in [0.29, 0.717) is 5.92 Å². The molecule has 0 spiro atoms. The molecule has 0 atom stereocenters. The molecule has 0 aliphatic carbocycles. The Morgan fingerprint density at radius 2 is 1.85 bits per heavy atom. The van der Waals surface area contributed by atoms with Gasteiger partial charge in [-0.1, -0.05) is 30.3 Å². The van der Waals surface area contributed by atoms with E-state index < -0.39 is 0 Å². The largest absolute Gasteiger partial charge is 0.358 e. The molecule has 4 aromatic rings. The summed E-state index contributed by atoms with van der Waals surface area (Å²) in [4.78, 5) is 23.3. The van der Waals surface area contributed by atoms with Crippen LogP contribution in [0, 0.1) is 6.92 Å². The number of nitrogens with one attached hydrogen (secondary N) is 1. The predicted octanol–water partition coefficient (Wildman–Crippen LogP) is 5.11. The lowest BCUT2D eigenvalue weighted by Crippen LogP contribution is -2.38. The van der Waals surface area contributed by atoms with Gasteiger partial charge in [-0.2, -0.15) is 0 Å². The number of amides is 1. The Hall–Kier alpha value is -2.66. The van der Waals surface area contributed by atoms with Crippen LogP contribution in [0.3, 0.4) is 0 Å². The zero-order chi connectivity index (χ0) is 18.4. The number of benzene rings is 2. The van der Waals surface area contributed by atoms with Gasteiger partial charge in [-0.3, -0.25) is 4.79 Å².